The molecule has 1 atom stereocenters. The zero-order valence-corrected chi connectivity index (χ0v) is 14.6. The maximum atomic E-state index is 13.1. The average molecular weight is 367 g/mol. The van der Waals surface area contributed by atoms with Crippen LogP contribution in [0.3, 0.4) is 0 Å². The van der Waals surface area contributed by atoms with Gasteiger partial charge in [0.2, 0.25) is 0 Å². The molecule has 26 heavy (non-hydrogen) atoms. The summed E-state index contributed by atoms with van der Waals surface area (Å²) in [6, 6.07) is 5.85. The van der Waals surface area contributed by atoms with Crippen molar-refractivity contribution in [3.05, 3.63) is 40.3 Å². The number of halogens is 3. The Morgan fingerprint density at radius 1 is 1.31 bits per heavy atom. The summed E-state index contributed by atoms with van der Waals surface area (Å²) in [7, 11) is 0. The first-order chi connectivity index (χ1) is 12.2. The molecular formula is C18H20F3N3O2. The summed E-state index contributed by atoms with van der Waals surface area (Å²) in [4.78, 5) is 26.3. The highest BCUT2D eigenvalue weighted by molar-refractivity contribution is 6.04. The molecule has 0 N–H and O–H groups in total. The lowest BCUT2D eigenvalue weighted by molar-refractivity contribution is -0.144. The van der Waals surface area contributed by atoms with Crippen molar-refractivity contribution in [2.24, 2.45) is 5.92 Å². The summed E-state index contributed by atoms with van der Waals surface area (Å²) in [5.74, 6) is -0.718. The first-order valence-corrected chi connectivity index (χ1v) is 8.60. The first-order valence-electron chi connectivity index (χ1n) is 8.60. The third-order valence-electron chi connectivity index (χ3n) is 4.78. The van der Waals surface area contributed by atoms with E-state index in [0.29, 0.717) is 0 Å². The molecule has 0 radical (unpaired) electrons. The number of rotatable bonds is 5. The molecule has 0 saturated heterocycles. The monoisotopic (exact) mass is 367 g/mol. The molecule has 8 heteroatoms. The normalized spacial score (nSPS) is 15.9. The van der Waals surface area contributed by atoms with Crippen LogP contribution in [0.15, 0.2) is 29.1 Å². The van der Waals surface area contributed by atoms with Gasteiger partial charge in [0, 0.05) is 18.0 Å². The van der Waals surface area contributed by atoms with Crippen molar-refractivity contribution in [1.82, 2.24) is 14.7 Å². The Bertz CT molecular complexity index is 887. The quantitative estimate of drug-likeness (QED) is 0.815. The minimum Gasteiger partial charge on any atom is -0.325 e. The summed E-state index contributed by atoms with van der Waals surface area (Å²) in [6.45, 7) is 2.23. The first kappa shape index (κ1) is 18.4. The zero-order valence-electron chi connectivity index (χ0n) is 14.6. The third-order valence-corrected chi connectivity index (χ3v) is 4.78. The van der Waals surface area contributed by atoms with Crippen molar-refractivity contribution in [3.63, 3.8) is 0 Å². The predicted octanol–water partition coefficient (Wildman–Crippen LogP) is 3.22. The standard InChI is InChI=1S/C18H20F3N3O2/c1-3-24-16(25)14-7-5-4-6-13(14)15(22-24)17(26)23(10-18(19,20)21)11(2)12-8-9-12/h4-7,11-12H,3,8-10H2,1-2H3/t11-/m1/s1. The van der Waals surface area contributed by atoms with E-state index in [1.807, 2.05) is 0 Å². The van der Waals surface area contributed by atoms with Gasteiger partial charge in [0.1, 0.15) is 6.54 Å². The van der Waals surface area contributed by atoms with Crippen LogP contribution in [0, 0.1) is 5.92 Å². The fourth-order valence-electron chi connectivity index (χ4n) is 3.17. The molecule has 140 valence electrons. The maximum Gasteiger partial charge on any atom is 0.406 e. The van der Waals surface area contributed by atoms with E-state index < -0.39 is 24.7 Å². The van der Waals surface area contributed by atoms with Crippen LogP contribution < -0.4 is 5.56 Å². The molecular weight excluding hydrogens is 347 g/mol. The van der Waals surface area contributed by atoms with E-state index in [4.69, 9.17) is 0 Å². The average Bonchev–Trinajstić information content (AvgIpc) is 3.43. The van der Waals surface area contributed by atoms with Crippen LogP contribution in [0.5, 0.6) is 0 Å². The van der Waals surface area contributed by atoms with Gasteiger partial charge in [0.25, 0.3) is 11.5 Å². The fraction of sp³-hybridized carbons (Fsp3) is 0.500. The minimum atomic E-state index is -4.51. The van der Waals surface area contributed by atoms with Gasteiger partial charge >= 0.3 is 6.18 Å². The van der Waals surface area contributed by atoms with E-state index in [9.17, 15) is 22.8 Å². The van der Waals surface area contributed by atoms with Crippen LogP contribution in [0.4, 0.5) is 13.2 Å². The molecule has 2 aromatic rings. The number of nitrogens with zero attached hydrogens (tertiary/aromatic N) is 3. The van der Waals surface area contributed by atoms with Crippen LogP contribution in [0.2, 0.25) is 0 Å². The van der Waals surface area contributed by atoms with E-state index in [-0.39, 0.29) is 34.5 Å². The Balaban J connectivity index is 2.11. The Morgan fingerprint density at radius 2 is 1.92 bits per heavy atom. The molecule has 0 spiro atoms. The molecule has 5 nitrogen and oxygen atoms in total. The molecule has 1 amide bonds. The maximum absolute atomic E-state index is 13.1. The van der Waals surface area contributed by atoms with Crippen LogP contribution >= 0.6 is 0 Å². The second-order valence-electron chi connectivity index (χ2n) is 6.64. The SMILES string of the molecule is CCn1nc(C(=O)N(CC(F)(F)F)[C@H](C)C2CC2)c2ccccc2c1=O. The molecule has 1 aliphatic rings. The number of aryl methyl sites for hydroxylation is 1. The Kier molecular flexibility index (Phi) is 4.77. The summed E-state index contributed by atoms with van der Waals surface area (Å²) in [6.07, 6.45) is -2.88. The van der Waals surface area contributed by atoms with Crippen molar-refractivity contribution in [3.8, 4) is 0 Å². The molecule has 1 aromatic heterocycles. The summed E-state index contributed by atoms with van der Waals surface area (Å²) < 4.78 is 40.4. The number of amides is 1. The van der Waals surface area contributed by atoms with Crippen molar-refractivity contribution >= 4 is 16.7 Å². The molecule has 1 fully saturated rings. The molecule has 1 saturated carbocycles. The Morgan fingerprint density at radius 3 is 2.46 bits per heavy atom. The van der Waals surface area contributed by atoms with E-state index in [1.165, 1.54) is 0 Å². The molecule has 0 unspecified atom stereocenters. The molecule has 1 heterocycles. The number of benzene rings is 1. The molecule has 0 bridgehead atoms. The van der Waals surface area contributed by atoms with Gasteiger partial charge in [0.15, 0.2) is 5.69 Å². The van der Waals surface area contributed by atoms with Crippen LogP contribution in [-0.4, -0.2) is 39.4 Å². The van der Waals surface area contributed by atoms with Gasteiger partial charge in [0.05, 0.1) is 5.39 Å². The van der Waals surface area contributed by atoms with Gasteiger partial charge in [-0.05, 0) is 38.7 Å². The molecule has 1 aliphatic carbocycles. The van der Waals surface area contributed by atoms with Crippen molar-refractivity contribution in [2.75, 3.05) is 6.54 Å². The van der Waals surface area contributed by atoms with Gasteiger partial charge < -0.3 is 4.90 Å². The zero-order chi connectivity index (χ0) is 19.1. The van der Waals surface area contributed by atoms with Gasteiger partial charge in [-0.3, -0.25) is 9.59 Å². The van der Waals surface area contributed by atoms with Gasteiger partial charge in [-0.2, -0.15) is 18.3 Å². The van der Waals surface area contributed by atoms with Crippen molar-refractivity contribution in [1.29, 1.82) is 0 Å². The summed E-state index contributed by atoms with van der Waals surface area (Å²) in [5, 5.41) is 4.63. The fourth-order valence-corrected chi connectivity index (χ4v) is 3.17. The van der Waals surface area contributed by atoms with Crippen molar-refractivity contribution < 1.29 is 18.0 Å². The number of fused-ring (bicyclic) bond motifs is 1. The lowest BCUT2D eigenvalue weighted by Crippen LogP contribution is -2.46. The van der Waals surface area contributed by atoms with Crippen LogP contribution in [0.1, 0.15) is 37.2 Å². The Labute approximate surface area is 148 Å². The number of carbonyl (C=O) groups excluding carboxylic acids is 1. The van der Waals surface area contributed by atoms with E-state index >= 15 is 0 Å². The topological polar surface area (TPSA) is 55.2 Å². The number of hydrogen-bond acceptors (Lipinski definition) is 3. The van der Waals surface area contributed by atoms with Gasteiger partial charge in [-0.1, -0.05) is 18.2 Å². The summed E-state index contributed by atoms with van der Waals surface area (Å²) >= 11 is 0. The molecule has 0 aliphatic heterocycles. The second kappa shape index (κ2) is 6.74. The smallest absolute Gasteiger partial charge is 0.325 e. The van der Waals surface area contributed by atoms with E-state index in [2.05, 4.69) is 5.10 Å². The predicted molar refractivity (Wildman–Crippen MR) is 91.0 cm³/mol. The number of aromatic nitrogens is 2. The van der Waals surface area contributed by atoms with E-state index in [0.717, 1.165) is 22.4 Å². The van der Waals surface area contributed by atoms with E-state index in [1.54, 1.807) is 38.1 Å². The van der Waals surface area contributed by atoms with Crippen LogP contribution in [0.25, 0.3) is 10.8 Å². The largest absolute Gasteiger partial charge is 0.406 e. The number of alkyl halides is 3. The molecule has 3 rings (SSSR count). The highest BCUT2D eigenvalue weighted by Crippen LogP contribution is 2.37. The third kappa shape index (κ3) is 3.59. The lowest BCUT2D eigenvalue weighted by atomic mass is 10.1. The Hall–Kier alpha value is -2.38. The number of carbonyl (C=O) groups is 1. The summed E-state index contributed by atoms with van der Waals surface area (Å²) in [5.41, 5.74) is -0.476. The van der Waals surface area contributed by atoms with Crippen LogP contribution in [-0.2, 0) is 6.54 Å². The second-order valence-corrected chi connectivity index (χ2v) is 6.64. The molecule has 1 aromatic carbocycles. The van der Waals surface area contributed by atoms with Gasteiger partial charge in [-0.15, -0.1) is 0 Å². The number of hydrogen-bond donors (Lipinski definition) is 0. The van der Waals surface area contributed by atoms with Gasteiger partial charge in [-0.25, -0.2) is 4.68 Å². The lowest BCUT2D eigenvalue weighted by Gasteiger charge is -2.30. The van der Waals surface area contributed by atoms with Crippen molar-refractivity contribution in [2.45, 2.75) is 45.5 Å². The highest BCUT2D eigenvalue weighted by Gasteiger charge is 2.41. The minimum absolute atomic E-state index is 0.0737. The highest BCUT2D eigenvalue weighted by atomic mass is 19.4.